The molecule has 0 radical (unpaired) electrons. The van der Waals surface area contributed by atoms with Crippen LogP contribution in [0.15, 0.2) is 126 Å². The molecule has 290 valence electrons. The van der Waals surface area contributed by atoms with Gasteiger partial charge in [0.25, 0.3) is 6.71 Å². The number of aryl methyl sites for hydroxylation is 1. The Kier molecular flexibility index (Phi) is 9.03. The molecule has 4 nitrogen and oxygen atoms in total. The third-order valence-corrected chi connectivity index (χ3v) is 12.5. The van der Waals surface area contributed by atoms with E-state index in [1.54, 1.807) is 0 Å². The highest BCUT2D eigenvalue weighted by atomic mass is 16.5. The summed E-state index contributed by atoms with van der Waals surface area (Å²) in [5, 5.41) is 0. The number of hydrogen-bond acceptors (Lipinski definition) is 4. The lowest BCUT2D eigenvalue weighted by Crippen LogP contribution is -2.58. The van der Waals surface area contributed by atoms with Gasteiger partial charge in [-0.15, -0.1) is 0 Å². The quantitative estimate of drug-likeness (QED) is 0.171. The fraction of sp³-hybridized carbons (Fsp3) is 0.346. The molecule has 0 N–H and O–H groups in total. The molecule has 5 aromatic rings. The van der Waals surface area contributed by atoms with Gasteiger partial charge in [-0.3, -0.25) is 0 Å². The van der Waals surface area contributed by atoms with Gasteiger partial charge in [-0.05, 0) is 116 Å². The van der Waals surface area contributed by atoms with Crippen molar-refractivity contribution in [2.75, 3.05) is 23.0 Å². The van der Waals surface area contributed by atoms with Crippen molar-refractivity contribution in [3.63, 3.8) is 0 Å². The molecule has 4 aliphatic rings. The van der Waals surface area contributed by atoms with Crippen molar-refractivity contribution in [2.24, 2.45) is 0 Å². The maximum absolute atomic E-state index is 6.95. The van der Waals surface area contributed by atoms with Gasteiger partial charge in [-0.2, -0.15) is 0 Å². The molecular weight excluding hydrogens is 695 g/mol. The topological polar surface area (TPSA) is 24.9 Å². The van der Waals surface area contributed by atoms with Crippen LogP contribution in [0.4, 0.5) is 28.4 Å². The Morgan fingerprint density at radius 2 is 1.19 bits per heavy atom. The largest absolute Gasteiger partial charge is 0.371 e. The van der Waals surface area contributed by atoms with Gasteiger partial charge >= 0.3 is 0 Å². The molecule has 3 aliphatic heterocycles. The summed E-state index contributed by atoms with van der Waals surface area (Å²) in [6, 6.07) is 39.4. The minimum Gasteiger partial charge on any atom is -0.371 e. The van der Waals surface area contributed by atoms with Gasteiger partial charge in [0.15, 0.2) is 0 Å². The number of allylic oxidation sites excluding steroid dienone is 2. The van der Waals surface area contributed by atoms with E-state index in [1.165, 1.54) is 78.2 Å². The molecule has 1 saturated heterocycles. The van der Waals surface area contributed by atoms with E-state index in [9.17, 15) is 0 Å². The third-order valence-electron chi connectivity index (χ3n) is 12.5. The van der Waals surface area contributed by atoms with E-state index in [1.807, 2.05) is 0 Å². The minimum absolute atomic E-state index is 0.00215. The standard InChI is InChI=1S/C52H57BN2O2/c1-33-29-44-47-45(30-33)55(42-24-19-36(51(5,6)7)31-39(42)34-15-12-11-13-16-34)48-40(23-26-46-49(48)57-28-14-27-56-46)53(47)41-32-37(52(8,9)10)20-25-43(41)54(44)38-21-17-35(18-22-38)50(2,3)4/h11-13,15-26,29-32,46,49H,14,27-28H2,1-10H3. The van der Waals surface area contributed by atoms with Crippen LogP contribution in [0, 0.1) is 6.92 Å². The molecule has 5 heteroatoms. The summed E-state index contributed by atoms with van der Waals surface area (Å²) >= 11 is 0. The highest BCUT2D eigenvalue weighted by Gasteiger charge is 2.49. The molecule has 0 aromatic heterocycles. The first kappa shape index (κ1) is 37.7. The van der Waals surface area contributed by atoms with Crippen LogP contribution in [-0.4, -0.2) is 32.1 Å². The summed E-state index contributed by atoms with van der Waals surface area (Å²) < 4.78 is 13.5. The van der Waals surface area contributed by atoms with Crippen LogP contribution in [0.3, 0.4) is 0 Å². The number of rotatable bonds is 3. The van der Waals surface area contributed by atoms with Gasteiger partial charge in [-0.25, -0.2) is 0 Å². The molecule has 0 bridgehead atoms. The second-order valence-electron chi connectivity index (χ2n) is 19.7. The number of hydrogen-bond donors (Lipinski definition) is 0. The zero-order valence-electron chi connectivity index (χ0n) is 35.5. The van der Waals surface area contributed by atoms with Gasteiger partial charge in [0, 0.05) is 41.5 Å². The zero-order valence-corrected chi connectivity index (χ0v) is 35.5. The summed E-state index contributed by atoms with van der Waals surface area (Å²) in [7, 11) is 0. The molecule has 2 atom stereocenters. The number of ether oxygens (including phenoxy) is 2. The van der Waals surface area contributed by atoms with E-state index in [0.717, 1.165) is 12.1 Å². The second-order valence-corrected chi connectivity index (χ2v) is 19.7. The Morgan fingerprint density at radius 1 is 0.596 bits per heavy atom. The monoisotopic (exact) mass is 752 g/mol. The fourth-order valence-electron chi connectivity index (χ4n) is 9.32. The first-order valence-corrected chi connectivity index (χ1v) is 20.9. The Morgan fingerprint density at radius 3 is 1.86 bits per heavy atom. The molecule has 57 heavy (non-hydrogen) atoms. The van der Waals surface area contributed by atoms with Crippen LogP contribution < -0.4 is 20.7 Å². The van der Waals surface area contributed by atoms with Crippen molar-refractivity contribution in [1.29, 1.82) is 0 Å². The van der Waals surface area contributed by atoms with E-state index in [-0.39, 0.29) is 35.2 Å². The summed E-state index contributed by atoms with van der Waals surface area (Å²) in [5.41, 5.74) is 18.8. The highest BCUT2D eigenvalue weighted by Crippen LogP contribution is 2.50. The lowest BCUT2D eigenvalue weighted by Gasteiger charge is -2.48. The molecule has 0 amide bonds. The molecule has 3 heterocycles. The van der Waals surface area contributed by atoms with Crippen LogP contribution in [0.25, 0.3) is 11.1 Å². The number of anilines is 5. The van der Waals surface area contributed by atoms with Crippen molar-refractivity contribution in [3.05, 3.63) is 149 Å². The van der Waals surface area contributed by atoms with Gasteiger partial charge in [0.05, 0.1) is 11.4 Å². The lowest BCUT2D eigenvalue weighted by atomic mass is 9.32. The van der Waals surface area contributed by atoms with Crippen molar-refractivity contribution >= 4 is 46.1 Å². The van der Waals surface area contributed by atoms with Crippen molar-refractivity contribution in [3.8, 4) is 11.1 Å². The van der Waals surface area contributed by atoms with Crippen molar-refractivity contribution < 1.29 is 9.47 Å². The Hall–Kier alpha value is -4.84. The maximum Gasteiger partial charge on any atom is 0.251 e. The minimum atomic E-state index is -0.257. The molecule has 0 spiro atoms. The Balaban J connectivity index is 1.38. The molecule has 2 unspecified atom stereocenters. The van der Waals surface area contributed by atoms with E-state index >= 15 is 0 Å². The van der Waals surface area contributed by atoms with Crippen molar-refractivity contribution in [2.45, 2.75) is 104 Å². The van der Waals surface area contributed by atoms with Crippen LogP contribution in [0.1, 0.15) is 91.0 Å². The van der Waals surface area contributed by atoms with E-state index in [4.69, 9.17) is 9.47 Å². The number of nitrogens with zero attached hydrogens (tertiary/aromatic N) is 2. The molecular formula is C52H57BN2O2. The smallest absolute Gasteiger partial charge is 0.251 e. The first-order valence-electron chi connectivity index (χ1n) is 20.9. The fourth-order valence-corrected chi connectivity index (χ4v) is 9.32. The molecule has 0 saturated carbocycles. The number of fused-ring (bicyclic) bond motifs is 5. The highest BCUT2D eigenvalue weighted by molar-refractivity contribution is 6.95. The maximum atomic E-state index is 6.95. The molecule has 1 fully saturated rings. The van der Waals surface area contributed by atoms with Crippen molar-refractivity contribution in [1.82, 2.24) is 0 Å². The van der Waals surface area contributed by atoms with Gasteiger partial charge in [-0.1, -0.05) is 135 Å². The Labute approximate surface area is 341 Å². The molecule has 1 aliphatic carbocycles. The van der Waals surface area contributed by atoms with Gasteiger partial charge in [0.2, 0.25) is 0 Å². The van der Waals surface area contributed by atoms with Crippen LogP contribution in [-0.2, 0) is 25.7 Å². The predicted octanol–water partition coefficient (Wildman–Crippen LogP) is 11.6. The summed E-state index contributed by atoms with van der Waals surface area (Å²) in [5.74, 6) is 0. The number of benzene rings is 5. The summed E-state index contributed by atoms with van der Waals surface area (Å²) in [4.78, 5) is 5.10. The third kappa shape index (κ3) is 6.48. The van der Waals surface area contributed by atoms with E-state index in [2.05, 4.69) is 194 Å². The van der Waals surface area contributed by atoms with Gasteiger partial charge < -0.3 is 19.3 Å². The normalized spacial score (nSPS) is 19.2. The molecule has 9 rings (SSSR count). The van der Waals surface area contributed by atoms with Gasteiger partial charge in [0.1, 0.15) is 12.2 Å². The van der Waals surface area contributed by atoms with Crippen LogP contribution in [0.2, 0.25) is 0 Å². The summed E-state index contributed by atoms with van der Waals surface area (Å²) in [6.45, 7) is 24.4. The van der Waals surface area contributed by atoms with Crippen LogP contribution in [0.5, 0.6) is 0 Å². The zero-order chi connectivity index (χ0) is 40.0. The van der Waals surface area contributed by atoms with E-state index < -0.39 is 0 Å². The summed E-state index contributed by atoms with van der Waals surface area (Å²) in [6.07, 6.45) is 5.10. The second kappa shape index (κ2) is 13.6. The van der Waals surface area contributed by atoms with Crippen LogP contribution >= 0.6 is 0 Å². The van der Waals surface area contributed by atoms with E-state index in [0.29, 0.717) is 13.2 Å². The Bertz CT molecular complexity index is 2420. The first-order chi connectivity index (χ1) is 27.1. The lowest BCUT2D eigenvalue weighted by molar-refractivity contribution is 0.00660. The average Bonchev–Trinajstić information content (AvgIpc) is 3.43. The SMILES string of the molecule is Cc1cc2c3c(c1)N(c1ccc(C(C)(C)C)cc1)c1ccc(C(C)(C)C)cc1B3C1=C(C3OCCCOC3C=C1)N2c1ccc(C(C)(C)C)cc1-c1ccccc1. The predicted molar refractivity (Wildman–Crippen MR) is 241 cm³/mol. The average molecular weight is 753 g/mol. The molecule has 5 aromatic carbocycles.